The molecule has 0 amide bonds. The Morgan fingerprint density at radius 2 is 0.773 bits per heavy atom. The third-order valence-electron chi connectivity index (χ3n) is 14.1. The van der Waals surface area contributed by atoms with Crippen molar-refractivity contribution in [2.75, 3.05) is 0 Å². The van der Waals surface area contributed by atoms with Crippen molar-refractivity contribution >= 4 is 17.3 Å². The van der Waals surface area contributed by atoms with Crippen molar-refractivity contribution in [3.05, 3.63) is 0 Å². The van der Waals surface area contributed by atoms with Crippen LogP contribution in [0.2, 0.25) is 0 Å². The van der Waals surface area contributed by atoms with Crippen molar-refractivity contribution in [3.8, 4) is 0 Å². The molecule has 0 aromatic rings. The molecular weight excluding hydrogens is 540 g/mol. The zero-order chi connectivity index (χ0) is 31.6. The molecule has 3 nitrogen and oxygen atoms in total. The molecule has 0 aromatic carbocycles. The molecule has 4 fully saturated rings. The molecule has 0 bridgehead atoms. The highest BCUT2D eigenvalue weighted by Crippen LogP contribution is 2.61. The fourth-order valence-corrected chi connectivity index (χ4v) is 11.5. The van der Waals surface area contributed by atoms with Crippen molar-refractivity contribution in [1.29, 1.82) is 0 Å². The first kappa shape index (κ1) is 35.9. The van der Waals surface area contributed by atoms with Gasteiger partial charge in [-0.05, 0) is 126 Å². The molecular formula is C41H70O3. The third kappa shape index (κ3) is 7.59. The van der Waals surface area contributed by atoms with Crippen molar-refractivity contribution in [2.45, 2.75) is 195 Å². The van der Waals surface area contributed by atoms with Crippen LogP contribution in [0.5, 0.6) is 0 Å². The lowest BCUT2D eigenvalue weighted by Crippen LogP contribution is -2.58. The number of carbonyl (C=O) groups excluding carboxylic acids is 3. The molecule has 2 atom stereocenters. The van der Waals surface area contributed by atoms with Crippen LogP contribution in [0, 0.1) is 46.3 Å². The quantitative estimate of drug-likeness (QED) is 0.175. The number of hydrogen-bond acceptors (Lipinski definition) is 3. The predicted molar refractivity (Wildman–Crippen MR) is 184 cm³/mol. The van der Waals surface area contributed by atoms with Gasteiger partial charge in [-0.2, -0.15) is 0 Å². The Morgan fingerprint density at radius 3 is 1.07 bits per heavy atom. The minimum absolute atomic E-state index is 0.226. The third-order valence-corrected chi connectivity index (χ3v) is 14.1. The molecule has 0 aromatic heterocycles. The first-order valence-electron chi connectivity index (χ1n) is 20.0. The Labute approximate surface area is 272 Å². The lowest BCUT2D eigenvalue weighted by atomic mass is 9.45. The van der Waals surface area contributed by atoms with Gasteiger partial charge in [0.1, 0.15) is 17.3 Å². The summed E-state index contributed by atoms with van der Waals surface area (Å²) in [4.78, 5) is 42.3. The summed E-state index contributed by atoms with van der Waals surface area (Å²) in [6.07, 6.45) is 28.6. The van der Waals surface area contributed by atoms with Crippen LogP contribution in [-0.2, 0) is 14.4 Å². The second kappa shape index (κ2) is 17.2. The van der Waals surface area contributed by atoms with E-state index in [0.29, 0.717) is 41.0 Å². The van der Waals surface area contributed by atoms with Gasteiger partial charge in [0.25, 0.3) is 0 Å². The van der Waals surface area contributed by atoms with E-state index in [0.717, 1.165) is 103 Å². The molecule has 0 heterocycles. The minimum Gasteiger partial charge on any atom is -0.299 e. The largest absolute Gasteiger partial charge is 0.299 e. The maximum absolute atomic E-state index is 16.1. The summed E-state index contributed by atoms with van der Waals surface area (Å²) >= 11 is 0. The Balaban J connectivity index is 1.67. The van der Waals surface area contributed by atoms with E-state index >= 15 is 4.79 Å². The standard InChI is InChI=1S/C41H70O3/c1-5-9-21-37(42)31-23-27-35(28-24-31)40(7-3,33-17-13-11-14-18-33)39(44)41(8-4,34-19-15-12-16-20-34)36-29-25-32(26-30-36)38(43)22-10-6-2/h31-36H,5-30H2,1-4H3/t31-,32-,35-,36-,40?,41?. The first-order valence-corrected chi connectivity index (χ1v) is 20.0. The Hall–Kier alpha value is -0.990. The fourth-order valence-electron chi connectivity index (χ4n) is 11.5. The van der Waals surface area contributed by atoms with E-state index in [4.69, 9.17) is 0 Å². The molecule has 4 rings (SSSR count). The number of ketones is 3. The number of unbranched alkanes of at least 4 members (excludes halogenated alkanes) is 2. The van der Waals surface area contributed by atoms with Crippen LogP contribution in [0.4, 0.5) is 0 Å². The van der Waals surface area contributed by atoms with E-state index in [1.807, 2.05) is 0 Å². The van der Waals surface area contributed by atoms with Gasteiger partial charge in [0.15, 0.2) is 0 Å². The molecule has 0 aliphatic heterocycles. The van der Waals surface area contributed by atoms with Gasteiger partial charge in [-0.1, -0.05) is 79.1 Å². The second-order valence-corrected chi connectivity index (χ2v) is 16.0. The highest BCUT2D eigenvalue weighted by atomic mass is 16.1. The SMILES string of the molecule is CCCCC(=O)[C@H]1CC[C@H](C(CC)(C(=O)C(CC)(C2CCCCC2)[C@H]2CC[C@H](C(=O)CCCC)CC2)C2CCCCC2)CC1. The molecule has 0 spiro atoms. The van der Waals surface area contributed by atoms with E-state index in [-0.39, 0.29) is 22.7 Å². The first-order chi connectivity index (χ1) is 21.4. The molecule has 2 unspecified atom stereocenters. The molecule has 252 valence electrons. The summed E-state index contributed by atoms with van der Waals surface area (Å²) in [6.45, 7) is 9.10. The van der Waals surface area contributed by atoms with E-state index in [9.17, 15) is 9.59 Å². The van der Waals surface area contributed by atoms with E-state index in [2.05, 4.69) is 27.7 Å². The maximum Gasteiger partial charge on any atom is 0.146 e. The summed E-state index contributed by atoms with van der Waals surface area (Å²) in [6, 6.07) is 0. The van der Waals surface area contributed by atoms with Gasteiger partial charge >= 0.3 is 0 Å². The molecule has 0 N–H and O–H groups in total. The lowest BCUT2D eigenvalue weighted by Gasteiger charge is -2.57. The van der Waals surface area contributed by atoms with Crippen LogP contribution in [0.3, 0.4) is 0 Å². The lowest BCUT2D eigenvalue weighted by molar-refractivity contribution is -0.163. The van der Waals surface area contributed by atoms with E-state index in [1.165, 1.54) is 64.2 Å². The fraction of sp³-hybridized carbons (Fsp3) is 0.927. The molecule has 44 heavy (non-hydrogen) atoms. The van der Waals surface area contributed by atoms with E-state index in [1.54, 1.807) is 0 Å². The number of hydrogen-bond donors (Lipinski definition) is 0. The van der Waals surface area contributed by atoms with Crippen LogP contribution in [0.1, 0.15) is 195 Å². The van der Waals surface area contributed by atoms with Gasteiger partial charge in [-0.15, -0.1) is 0 Å². The molecule has 4 aliphatic rings. The van der Waals surface area contributed by atoms with Crippen LogP contribution in [-0.4, -0.2) is 17.3 Å². The molecule has 0 saturated heterocycles. The summed E-state index contributed by atoms with van der Waals surface area (Å²) in [7, 11) is 0. The molecule has 4 aliphatic carbocycles. The van der Waals surface area contributed by atoms with Crippen molar-refractivity contribution in [3.63, 3.8) is 0 Å². The van der Waals surface area contributed by atoms with Gasteiger partial charge in [0.05, 0.1) is 0 Å². The molecule has 0 radical (unpaired) electrons. The molecule has 3 heteroatoms. The normalized spacial score (nSPS) is 30.3. The van der Waals surface area contributed by atoms with E-state index < -0.39 is 0 Å². The highest BCUT2D eigenvalue weighted by Gasteiger charge is 2.60. The maximum atomic E-state index is 16.1. The van der Waals surface area contributed by atoms with Gasteiger partial charge in [-0.25, -0.2) is 0 Å². The zero-order valence-electron chi connectivity index (χ0n) is 29.6. The van der Waals surface area contributed by atoms with Crippen LogP contribution in [0.15, 0.2) is 0 Å². The van der Waals surface area contributed by atoms with Gasteiger partial charge in [-0.3, -0.25) is 14.4 Å². The topological polar surface area (TPSA) is 51.2 Å². The average molecular weight is 611 g/mol. The monoisotopic (exact) mass is 611 g/mol. The van der Waals surface area contributed by atoms with Crippen molar-refractivity contribution < 1.29 is 14.4 Å². The highest BCUT2D eigenvalue weighted by molar-refractivity contribution is 5.92. The average Bonchev–Trinajstić information content (AvgIpc) is 3.09. The van der Waals surface area contributed by atoms with Crippen LogP contribution >= 0.6 is 0 Å². The van der Waals surface area contributed by atoms with Crippen LogP contribution < -0.4 is 0 Å². The number of carbonyl (C=O) groups is 3. The second-order valence-electron chi connectivity index (χ2n) is 16.0. The van der Waals surface area contributed by atoms with Crippen molar-refractivity contribution in [1.82, 2.24) is 0 Å². The number of rotatable bonds is 16. The molecule has 4 saturated carbocycles. The summed E-state index contributed by atoms with van der Waals surface area (Å²) in [5.41, 5.74) is -0.474. The Bertz CT molecular complexity index is 823. The van der Waals surface area contributed by atoms with Gasteiger partial charge < -0.3 is 0 Å². The smallest absolute Gasteiger partial charge is 0.146 e. The zero-order valence-corrected chi connectivity index (χ0v) is 29.6. The summed E-state index contributed by atoms with van der Waals surface area (Å²) in [5, 5.41) is 0. The summed E-state index contributed by atoms with van der Waals surface area (Å²) < 4.78 is 0. The number of Topliss-reactive ketones (excluding diaryl/α,β-unsaturated/α-hetero) is 3. The predicted octanol–water partition coefficient (Wildman–Crippen LogP) is 11.6. The Kier molecular flexibility index (Phi) is 14.1. The summed E-state index contributed by atoms with van der Waals surface area (Å²) in [5.74, 6) is 4.00. The van der Waals surface area contributed by atoms with Gasteiger partial charge in [0.2, 0.25) is 0 Å². The van der Waals surface area contributed by atoms with Crippen molar-refractivity contribution in [2.24, 2.45) is 46.3 Å². The van der Waals surface area contributed by atoms with Crippen LogP contribution in [0.25, 0.3) is 0 Å². The Morgan fingerprint density at radius 1 is 0.455 bits per heavy atom. The van der Waals surface area contributed by atoms with Gasteiger partial charge in [0, 0.05) is 35.5 Å². The minimum atomic E-state index is -0.237.